The molecule has 0 aromatic heterocycles. The Bertz CT molecular complexity index is 1060. The topological polar surface area (TPSA) is 83.5 Å². The van der Waals surface area contributed by atoms with E-state index in [-0.39, 0.29) is 21.8 Å². The summed E-state index contributed by atoms with van der Waals surface area (Å²) in [5.41, 5.74) is 0.943. The molecule has 0 spiro atoms. The van der Waals surface area contributed by atoms with Crippen molar-refractivity contribution in [2.75, 3.05) is 13.1 Å². The minimum absolute atomic E-state index is 0.0760. The number of benzene rings is 2. The highest BCUT2D eigenvalue weighted by molar-refractivity contribution is 7.89. The molecule has 2 fully saturated rings. The van der Waals surface area contributed by atoms with Crippen LogP contribution in [0.5, 0.6) is 0 Å². The van der Waals surface area contributed by atoms with Gasteiger partial charge in [0.05, 0.1) is 15.8 Å². The van der Waals surface area contributed by atoms with E-state index in [1.807, 2.05) is 30.3 Å². The molecule has 2 aromatic carbocycles. The highest BCUT2D eigenvalue weighted by Gasteiger charge is 2.42. The van der Waals surface area contributed by atoms with Gasteiger partial charge in [0.2, 0.25) is 20.0 Å². The molecule has 4 rings (SSSR count). The molecule has 0 radical (unpaired) electrons. The second kappa shape index (κ2) is 7.83. The van der Waals surface area contributed by atoms with Crippen molar-refractivity contribution in [3.8, 4) is 0 Å². The summed E-state index contributed by atoms with van der Waals surface area (Å²) in [7, 11) is -7.34. The number of nitrogens with one attached hydrogen (secondary N) is 1. The zero-order valence-electron chi connectivity index (χ0n) is 16.4. The summed E-state index contributed by atoms with van der Waals surface area (Å²) in [6.45, 7) is 3.15. The van der Waals surface area contributed by atoms with Gasteiger partial charge in [-0.05, 0) is 60.9 Å². The minimum Gasteiger partial charge on any atom is -0.207 e. The lowest BCUT2D eigenvalue weighted by molar-refractivity contribution is 0.477. The summed E-state index contributed by atoms with van der Waals surface area (Å²) in [5, 5.41) is 0. The van der Waals surface area contributed by atoms with Crippen molar-refractivity contribution in [1.29, 1.82) is 0 Å². The van der Waals surface area contributed by atoms with Crippen LogP contribution in [-0.4, -0.2) is 34.2 Å². The van der Waals surface area contributed by atoms with E-state index in [0.29, 0.717) is 19.0 Å². The lowest BCUT2D eigenvalue weighted by Gasteiger charge is -2.20. The van der Waals surface area contributed by atoms with Crippen molar-refractivity contribution in [3.63, 3.8) is 0 Å². The first-order valence-corrected chi connectivity index (χ1v) is 12.9. The molecule has 1 saturated heterocycles. The van der Waals surface area contributed by atoms with Gasteiger partial charge in [0.15, 0.2) is 0 Å². The predicted molar refractivity (Wildman–Crippen MR) is 111 cm³/mol. The largest absolute Gasteiger partial charge is 0.243 e. The van der Waals surface area contributed by atoms with Crippen molar-refractivity contribution in [2.24, 2.45) is 11.8 Å². The van der Waals surface area contributed by atoms with Gasteiger partial charge in [-0.1, -0.05) is 37.3 Å². The van der Waals surface area contributed by atoms with Gasteiger partial charge in [0, 0.05) is 13.1 Å². The molecule has 29 heavy (non-hydrogen) atoms. The molecule has 1 heterocycles. The second-order valence-corrected chi connectivity index (χ2v) is 11.6. The summed E-state index contributed by atoms with van der Waals surface area (Å²) in [5.74, 6) is 0.734. The van der Waals surface area contributed by atoms with E-state index in [1.165, 1.54) is 28.6 Å². The van der Waals surface area contributed by atoms with Gasteiger partial charge >= 0.3 is 0 Å². The number of hydrogen-bond donors (Lipinski definition) is 1. The van der Waals surface area contributed by atoms with Crippen LogP contribution in [-0.2, 0) is 20.0 Å². The van der Waals surface area contributed by atoms with E-state index in [1.54, 1.807) is 0 Å². The first-order valence-electron chi connectivity index (χ1n) is 9.96. The molecule has 3 unspecified atom stereocenters. The van der Waals surface area contributed by atoms with E-state index in [9.17, 15) is 16.8 Å². The van der Waals surface area contributed by atoms with Crippen molar-refractivity contribution in [2.45, 2.75) is 42.0 Å². The molecule has 156 valence electrons. The molecule has 2 aliphatic rings. The first kappa shape index (κ1) is 20.5. The number of hydrogen-bond acceptors (Lipinski definition) is 4. The van der Waals surface area contributed by atoms with E-state index in [2.05, 4.69) is 11.6 Å². The summed E-state index contributed by atoms with van der Waals surface area (Å²) in [6.07, 6.45) is 2.70. The summed E-state index contributed by atoms with van der Waals surface area (Å²) >= 11 is 0. The standard InChI is InChI=1S/C21H26N2O4S2/c1-16-15-20(16)21(17-7-3-2-4-8-17)22-28(24,25)18-9-11-19(12-10-18)29(26,27)23-13-5-6-14-23/h2-4,7-12,16,20-22H,5-6,13-15H2,1H3. The average Bonchev–Trinajstić information content (AvgIpc) is 3.19. The fourth-order valence-electron chi connectivity index (χ4n) is 3.98. The van der Waals surface area contributed by atoms with Gasteiger partial charge in [0.25, 0.3) is 0 Å². The molecule has 1 aliphatic heterocycles. The Kier molecular flexibility index (Phi) is 5.54. The predicted octanol–water partition coefficient (Wildman–Crippen LogP) is 3.15. The molecule has 2 aromatic rings. The summed E-state index contributed by atoms with van der Waals surface area (Å²) < 4.78 is 55.6. The van der Waals surface area contributed by atoms with Crippen molar-refractivity contribution in [3.05, 3.63) is 60.2 Å². The normalized spacial score (nSPS) is 23.8. The van der Waals surface area contributed by atoms with Crippen LogP contribution in [0, 0.1) is 11.8 Å². The molecule has 8 heteroatoms. The van der Waals surface area contributed by atoms with E-state index in [0.717, 1.165) is 24.8 Å². The van der Waals surface area contributed by atoms with E-state index >= 15 is 0 Å². The Morgan fingerprint density at radius 2 is 1.45 bits per heavy atom. The quantitative estimate of drug-likeness (QED) is 0.726. The monoisotopic (exact) mass is 434 g/mol. The zero-order chi connectivity index (χ0) is 20.6. The zero-order valence-corrected chi connectivity index (χ0v) is 18.0. The van der Waals surface area contributed by atoms with Crippen LogP contribution in [0.25, 0.3) is 0 Å². The molecule has 1 aliphatic carbocycles. The molecular formula is C21H26N2O4S2. The fourth-order valence-corrected chi connectivity index (χ4v) is 6.77. The Hall–Kier alpha value is -1.74. The molecule has 0 bridgehead atoms. The lowest BCUT2D eigenvalue weighted by Crippen LogP contribution is -2.30. The lowest BCUT2D eigenvalue weighted by atomic mass is 10.0. The van der Waals surface area contributed by atoms with Crippen LogP contribution in [0.1, 0.15) is 37.8 Å². The minimum atomic E-state index is -3.78. The molecule has 0 amide bonds. The van der Waals surface area contributed by atoms with Crippen molar-refractivity contribution >= 4 is 20.0 Å². The summed E-state index contributed by atoms with van der Waals surface area (Å²) in [4.78, 5) is 0.209. The van der Waals surface area contributed by atoms with Gasteiger partial charge in [-0.15, -0.1) is 0 Å². The SMILES string of the molecule is CC1CC1C(NS(=O)(=O)c1ccc(S(=O)(=O)N2CCCC2)cc1)c1ccccc1. The van der Waals surface area contributed by atoms with Crippen LogP contribution in [0.4, 0.5) is 0 Å². The van der Waals surface area contributed by atoms with Crippen LogP contribution >= 0.6 is 0 Å². The van der Waals surface area contributed by atoms with Gasteiger partial charge in [-0.2, -0.15) is 4.31 Å². The molecular weight excluding hydrogens is 408 g/mol. The van der Waals surface area contributed by atoms with E-state index < -0.39 is 20.0 Å². The van der Waals surface area contributed by atoms with Crippen LogP contribution in [0.15, 0.2) is 64.4 Å². The average molecular weight is 435 g/mol. The van der Waals surface area contributed by atoms with Crippen LogP contribution < -0.4 is 4.72 Å². The van der Waals surface area contributed by atoms with Crippen molar-refractivity contribution < 1.29 is 16.8 Å². The maximum absolute atomic E-state index is 13.0. The number of nitrogens with zero attached hydrogens (tertiary/aromatic N) is 1. The van der Waals surface area contributed by atoms with Crippen LogP contribution in [0.3, 0.4) is 0 Å². The number of rotatable bonds is 7. The molecule has 6 nitrogen and oxygen atoms in total. The van der Waals surface area contributed by atoms with Crippen molar-refractivity contribution in [1.82, 2.24) is 9.03 Å². The van der Waals surface area contributed by atoms with Gasteiger partial charge in [0.1, 0.15) is 0 Å². The fraction of sp³-hybridized carbons (Fsp3) is 0.429. The first-order chi connectivity index (χ1) is 13.8. The Labute approximate surface area is 173 Å². The van der Waals surface area contributed by atoms with E-state index in [4.69, 9.17) is 0 Å². The second-order valence-electron chi connectivity index (χ2n) is 7.97. The van der Waals surface area contributed by atoms with Gasteiger partial charge in [-0.3, -0.25) is 0 Å². The Morgan fingerprint density at radius 1 is 0.897 bits per heavy atom. The van der Waals surface area contributed by atoms with Gasteiger partial charge < -0.3 is 0 Å². The highest BCUT2D eigenvalue weighted by atomic mass is 32.2. The highest BCUT2D eigenvalue weighted by Crippen LogP contribution is 2.47. The molecule has 1 saturated carbocycles. The smallest absolute Gasteiger partial charge is 0.207 e. The third-order valence-corrected chi connectivity index (χ3v) is 9.25. The maximum atomic E-state index is 13.0. The van der Waals surface area contributed by atoms with Crippen LogP contribution in [0.2, 0.25) is 0 Å². The maximum Gasteiger partial charge on any atom is 0.243 e. The molecule has 3 atom stereocenters. The third kappa shape index (κ3) is 4.26. The Balaban J connectivity index is 1.57. The summed E-state index contributed by atoms with van der Waals surface area (Å²) in [6, 6.07) is 14.8. The Morgan fingerprint density at radius 3 is 2.00 bits per heavy atom. The third-order valence-electron chi connectivity index (χ3n) is 5.88. The molecule has 1 N–H and O–H groups in total. The number of sulfonamides is 2. The van der Waals surface area contributed by atoms with Gasteiger partial charge in [-0.25, -0.2) is 21.6 Å².